The van der Waals surface area contributed by atoms with Gasteiger partial charge in [0.1, 0.15) is 0 Å². The van der Waals surface area contributed by atoms with Crippen LogP contribution in [0.5, 0.6) is 0 Å². The van der Waals surface area contributed by atoms with Gasteiger partial charge in [0.15, 0.2) is 0 Å². The summed E-state index contributed by atoms with van der Waals surface area (Å²) < 4.78 is 0. The fourth-order valence-corrected chi connectivity index (χ4v) is 2.39. The van der Waals surface area contributed by atoms with E-state index in [0.717, 1.165) is 12.2 Å². The molecule has 1 aliphatic heterocycles. The van der Waals surface area contributed by atoms with Gasteiger partial charge in [0.25, 0.3) is 0 Å². The van der Waals surface area contributed by atoms with Crippen molar-refractivity contribution in [3.05, 3.63) is 35.9 Å². The van der Waals surface area contributed by atoms with Gasteiger partial charge in [-0.2, -0.15) is 0 Å². The van der Waals surface area contributed by atoms with Gasteiger partial charge in [-0.3, -0.25) is 4.99 Å². The van der Waals surface area contributed by atoms with Crippen molar-refractivity contribution >= 4 is 16.8 Å². The van der Waals surface area contributed by atoms with Gasteiger partial charge in [0, 0.05) is 5.75 Å². The number of aliphatic imine (C=N–C) groups is 1. The Morgan fingerprint density at radius 2 is 2.15 bits per heavy atom. The van der Waals surface area contributed by atoms with Crippen molar-refractivity contribution < 1.29 is 0 Å². The zero-order chi connectivity index (χ0) is 9.10. The molecule has 2 rings (SSSR count). The predicted octanol–water partition coefficient (Wildman–Crippen LogP) is 2.76. The van der Waals surface area contributed by atoms with E-state index in [2.05, 4.69) is 42.2 Å². The van der Waals surface area contributed by atoms with Gasteiger partial charge in [-0.15, -0.1) is 11.8 Å². The van der Waals surface area contributed by atoms with Crippen LogP contribution >= 0.6 is 11.8 Å². The summed E-state index contributed by atoms with van der Waals surface area (Å²) in [4.78, 5) is 4.56. The lowest BCUT2D eigenvalue weighted by atomic mass is 10.1. The number of thioether (sulfide) groups is 1. The molecule has 1 aromatic carbocycles. The minimum Gasteiger partial charge on any atom is -0.279 e. The first-order valence-corrected chi connectivity index (χ1v) is 5.54. The molecular weight excluding hydrogens is 178 g/mol. The molecule has 0 radical (unpaired) electrons. The second kappa shape index (κ2) is 3.97. The molecule has 0 saturated heterocycles. The van der Waals surface area contributed by atoms with E-state index in [4.69, 9.17) is 0 Å². The van der Waals surface area contributed by atoms with E-state index in [0.29, 0.717) is 6.04 Å². The normalized spacial score (nSPS) is 21.6. The number of rotatable bonds is 2. The lowest BCUT2D eigenvalue weighted by Crippen LogP contribution is -2.07. The first kappa shape index (κ1) is 8.82. The molecule has 0 aromatic heterocycles. The molecule has 0 N–H and O–H groups in total. The zero-order valence-electron chi connectivity index (χ0n) is 7.73. The predicted molar refractivity (Wildman–Crippen MR) is 59.5 cm³/mol. The van der Waals surface area contributed by atoms with Crippen LogP contribution in [0.2, 0.25) is 0 Å². The van der Waals surface area contributed by atoms with Crippen molar-refractivity contribution in [2.24, 2.45) is 4.99 Å². The van der Waals surface area contributed by atoms with Crippen molar-refractivity contribution in [2.75, 3.05) is 5.75 Å². The maximum absolute atomic E-state index is 4.56. The van der Waals surface area contributed by atoms with Crippen LogP contribution in [0.1, 0.15) is 12.5 Å². The second-order valence-electron chi connectivity index (χ2n) is 3.30. The molecule has 0 amide bonds. The van der Waals surface area contributed by atoms with Gasteiger partial charge in [0.05, 0.1) is 11.1 Å². The lowest BCUT2D eigenvalue weighted by Gasteiger charge is -2.04. The molecule has 68 valence electrons. The van der Waals surface area contributed by atoms with Crippen molar-refractivity contribution in [3.8, 4) is 0 Å². The SMILES string of the molecule is CC1=N[C@@H](Cc2ccccc2)CS1. The third-order valence-corrected chi connectivity index (χ3v) is 3.24. The average molecular weight is 191 g/mol. The summed E-state index contributed by atoms with van der Waals surface area (Å²) >= 11 is 1.87. The summed E-state index contributed by atoms with van der Waals surface area (Å²) in [6, 6.07) is 11.1. The van der Waals surface area contributed by atoms with Gasteiger partial charge in [-0.1, -0.05) is 30.3 Å². The molecule has 2 heteroatoms. The Balaban J connectivity index is 2.00. The highest BCUT2D eigenvalue weighted by atomic mass is 32.2. The Morgan fingerprint density at radius 1 is 1.38 bits per heavy atom. The fourth-order valence-electron chi connectivity index (χ4n) is 1.54. The number of nitrogens with zero attached hydrogens (tertiary/aromatic N) is 1. The molecule has 0 bridgehead atoms. The van der Waals surface area contributed by atoms with Gasteiger partial charge in [-0.05, 0) is 18.9 Å². The summed E-state index contributed by atoms with van der Waals surface area (Å²) in [5.74, 6) is 1.15. The molecule has 0 unspecified atom stereocenters. The molecule has 1 heterocycles. The van der Waals surface area contributed by atoms with Crippen molar-refractivity contribution in [2.45, 2.75) is 19.4 Å². The molecule has 0 fully saturated rings. The summed E-state index contributed by atoms with van der Waals surface area (Å²) in [7, 11) is 0. The molecule has 0 spiro atoms. The van der Waals surface area contributed by atoms with Gasteiger partial charge < -0.3 is 0 Å². The minimum absolute atomic E-state index is 0.507. The monoisotopic (exact) mass is 191 g/mol. The second-order valence-corrected chi connectivity index (χ2v) is 4.52. The van der Waals surface area contributed by atoms with E-state index < -0.39 is 0 Å². The standard InChI is InChI=1S/C11H13NS/c1-9-12-11(8-13-9)7-10-5-3-2-4-6-10/h2-6,11H,7-8H2,1H3/t11-/m0/s1. The molecule has 1 atom stereocenters. The van der Waals surface area contributed by atoms with E-state index >= 15 is 0 Å². The molecular formula is C11H13NS. The molecule has 0 saturated carbocycles. The van der Waals surface area contributed by atoms with Crippen LogP contribution in [-0.2, 0) is 6.42 Å². The molecule has 1 nitrogen and oxygen atoms in total. The summed E-state index contributed by atoms with van der Waals surface area (Å²) in [6.45, 7) is 2.09. The zero-order valence-corrected chi connectivity index (χ0v) is 8.55. The Hall–Kier alpha value is -0.760. The quantitative estimate of drug-likeness (QED) is 0.700. The van der Waals surface area contributed by atoms with Crippen LogP contribution in [0.4, 0.5) is 0 Å². The van der Waals surface area contributed by atoms with Gasteiger partial charge in [-0.25, -0.2) is 0 Å². The van der Waals surface area contributed by atoms with Crippen molar-refractivity contribution in [3.63, 3.8) is 0 Å². The highest BCUT2D eigenvalue weighted by molar-refractivity contribution is 8.14. The van der Waals surface area contributed by atoms with E-state index in [1.807, 2.05) is 11.8 Å². The smallest absolute Gasteiger partial charge is 0.0649 e. The Kier molecular flexibility index (Phi) is 2.69. The van der Waals surface area contributed by atoms with Crippen LogP contribution in [-0.4, -0.2) is 16.8 Å². The van der Waals surface area contributed by atoms with E-state index in [9.17, 15) is 0 Å². The number of hydrogen-bond acceptors (Lipinski definition) is 2. The van der Waals surface area contributed by atoms with Gasteiger partial charge >= 0.3 is 0 Å². The third kappa shape index (κ3) is 2.34. The highest BCUT2D eigenvalue weighted by Crippen LogP contribution is 2.20. The maximum atomic E-state index is 4.56. The topological polar surface area (TPSA) is 12.4 Å². The van der Waals surface area contributed by atoms with Crippen LogP contribution < -0.4 is 0 Å². The van der Waals surface area contributed by atoms with Crippen LogP contribution in [0, 0.1) is 0 Å². The maximum Gasteiger partial charge on any atom is 0.0649 e. The Morgan fingerprint density at radius 3 is 2.77 bits per heavy atom. The largest absolute Gasteiger partial charge is 0.279 e. The molecule has 0 aliphatic carbocycles. The van der Waals surface area contributed by atoms with Gasteiger partial charge in [0.2, 0.25) is 0 Å². The summed E-state index contributed by atoms with van der Waals surface area (Å²) in [5.41, 5.74) is 1.39. The average Bonchev–Trinajstić information content (AvgIpc) is 2.53. The lowest BCUT2D eigenvalue weighted by molar-refractivity contribution is 0.762. The van der Waals surface area contributed by atoms with Crippen LogP contribution in [0.25, 0.3) is 0 Å². The third-order valence-electron chi connectivity index (χ3n) is 2.16. The van der Waals surface area contributed by atoms with E-state index in [1.54, 1.807) is 0 Å². The number of hydrogen-bond donors (Lipinski definition) is 0. The summed E-state index contributed by atoms with van der Waals surface area (Å²) in [6.07, 6.45) is 1.09. The highest BCUT2D eigenvalue weighted by Gasteiger charge is 2.14. The Bertz CT molecular complexity index is 305. The fraction of sp³-hybridized carbons (Fsp3) is 0.364. The van der Waals surface area contributed by atoms with Crippen molar-refractivity contribution in [1.82, 2.24) is 0 Å². The molecule has 1 aliphatic rings. The van der Waals surface area contributed by atoms with E-state index in [-0.39, 0.29) is 0 Å². The first-order chi connectivity index (χ1) is 6.34. The van der Waals surface area contributed by atoms with Crippen LogP contribution in [0.3, 0.4) is 0 Å². The van der Waals surface area contributed by atoms with Crippen molar-refractivity contribution in [1.29, 1.82) is 0 Å². The Labute approximate surface area is 83.3 Å². The molecule has 13 heavy (non-hydrogen) atoms. The summed E-state index contributed by atoms with van der Waals surface area (Å²) in [5, 5.41) is 1.24. The van der Waals surface area contributed by atoms with Crippen LogP contribution in [0.15, 0.2) is 35.3 Å². The number of benzene rings is 1. The first-order valence-electron chi connectivity index (χ1n) is 4.56. The van der Waals surface area contributed by atoms with E-state index in [1.165, 1.54) is 10.6 Å². The minimum atomic E-state index is 0.507. The molecule has 1 aromatic rings.